The van der Waals surface area contributed by atoms with Crippen LogP contribution in [-0.2, 0) is 6.54 Å². The Morgan fingerprint density at radius 2 is 2.00 bits per heavy atom. The topological polar surface area (TPSA) is 19.4 Å². The van der Waals surface area contributed by atoms with Crippen molar-refractivity contribution in [3.63, 3.8) is 0 Å². The first-order valence-electron chi connectivity index (χ1n) is 10.4. The first-order chi connectivity index (χ1) is 14.1. The molecule has 0 radical (unpaired) electrons. The zero-order chi connectivity index (χ0) is 20.4. The molecule has 3 aromatic rings. The summed E-state index contributed by atoms with van der Waals surface area (Å²) in [6.07, 6.45) is 3.15. The molecular formula is C24H28ClN3S. The largest absolute Gasteiger partial charge is 0.357 e. The number of nitrogens with zero attached hydrogens (tertiary/aromatic N) is 3. The van der Waals surface area contributed by atoms with E-state index in [2.05, 4.69) is 73.2 Å². The number of pyridine rings is 1. The number of thiophene rings is 1. The molecule has 152 valence electrons. The van der Waals surface area contributed by atoms with Crippen molar-refractivity contribution in [3.05, 3.63) is 69.0 Å². The van der Waals surface area contributed by atoms with Crippen molar-refractivity contribution in [3.8, 4) is 11.1 Å². The second-order valence-electron chi connectivity index (χ2n) is 7.75. The fourth-order valence-corrected chi connectivity index (χ4v) is 5.74. The van der Waals surface area contributed by atoms with Gasteiger partial charge in [-0.3, -0.25) is 0 Å². The molecule has 3 nitrogen and oxygen atoms in total. The monoisotopic (exact) mass is 425 g/mol. The highest BCUT2D eigenvalue weighted by atomic mass is 35.5. The molecule has 1 aromatic carbocycles. The van der Waals surface area contributed by atoms with Crippen molar-refractivity contribution in [2.45, 2.75) is 32.7 Å². The predicted octanol–water partition coefficient (Wildman–Crippen LogP) is 6.28. The van der Waals surface area contributed by atoms with Crippen LogP contribution in [0.15, 0.2) is 48.7 Å². The standard InChI is InChI=1S/C24H28ClN3S/c1-4-12-28(5-2)24-11-10-17(14-26-24)18-8-6-7-9-19(18)21-15-27(3)16-22-20(21)13-23(25)29-22/h6-11,13-14,21H,4-5,12,15-16H2,1-3H3/t21-/m0/s1. The van der Waals surface area contributed by atoms with E-state index >= 15 is 0 Å². The van der Waals surface area contributed by atoms with E-state index in [1.807, 2.05) is 6.20 Å². The smallest absolute Gasteiger partial charge is 0.128 e. The maximum atomic E-state index is 6.38. The highest BCUT2D eigenvalue weighted by Gasteiger charge is 2.28. The van der Waals surface area contributed by atoms with Gasteiger partial charge in [0, 0.05) is 48.7 Å². The molecule has 0 saturated carbocycles. The molecule has 5 heteroatoms. The molecule has 2 aromatic heterocycles. The van der Waals surface area contributed by atoms with Crippen molar-refractivity contribution in [2.24, 2.45) is 0 Å². The summed E-state index contributed by atoms with van der Waals surface area (Å²) in [6.45, 7) is 8.39. The number of hydrogen-bond donors (Lipinski definition) is 0. The molecule has 3 heterocycles. The maximum Gasteiger partial charge on any atom is 0.128 e. The first-order valence-corrected chi connectivity index (χ1v) is 11.6. The molecule has 0 spiro atoms. The van der Waals surface area contributed by atoms with Gasteiger partial charge in [-0.25, -0.2) is 4.98 Å². The normalized spacial score (nSPS) is 16.6. The molecule has 0 fully saturated rings. The molecule has 1 aliphatic rings. The zero-order valence-corrected chi connectivity index (χ0v) is 18.9. The molecule has 0 aliphatic carbocycles. The van der Waals surface area contributed by atoms with Gasteiger partial charge in [0.15, 0.2) is 0 Å². The van der Waals surface area contributed by atoms with E-state index in [1.54, 1.807) is 11.3 Å². The molecular weight excluding hydrogens is 398 g/mol. The molecule has 1 atom stereocenters. The van der Waals surface area contributed by atoms with Gasteiger partial charge in [0.05, 0.1) is 4.34 Å². The van der Waals surface area contributed by atoms with E-state index in [1.165, 1.54) is 27.1 Å². The van der Waals surface area contributed by atoms with Crippen molar-refractivity contribution in [1.82, 2.24) is 9.88 Å². The van der Waals surface area contributed by atoms with Gasteiger partial charge in [0.25, 0.3) is 0 Å². The predicted molar refractivity (Wildman–Crippen MR) is 125 cm³/mol. The number of halogens is 1. The fourth-order valence-electron chi connectivity index (χ4n) is 4.31. The minimum atomic E-state index is 0.329. The number of aromatic nitrogens is 1. The number of likely N-dealkylation sites (N-methyl/N-ethyl adjacent to an activating group) is 1. The van der Waals surface area contributed by atoms with E-state index in [-0.39, 0.29) is 0 Å². The summed E-state index contributed by atoms with van der Waals surface area (Å²) < 4.78 is 0.884. The maximum absolute atomic E-state index is 6.38. The Kier molecular flexibility index (Phi) is 6.23. The van der Waals surface area contributed by atoms with Crippen LogP contribution in [0.25, 0.3) is 11.1 Å². The number of anilines is 1. The summed E-state index contributed by atoms with van der Waals surface area (Å²) in [5, 5.41) is 0. The third-order valence-corrected chi connectivity index (χ3v) is 6.95. The molecule has 0 N–H and O–H groups in total. The van der Waals surface area contributed by atoms with Crippen molar-refractivity contribution < 1.29 is 0 Å². The number of rotatable bonds is 6. The Labute approximate surface area is 183 Å². The Morgan fingerprint density at radius 3 is 2.72 bits per heavy atom. The lowest BCUT2D eigenvalue weighted by atomic mass is 9.84. The van der Waals surface area contributed by atoms with E-state index in [9.17, 15) is 0 Å². The van der Waals surface area contributed by atoms with E-state index in [0.29, 0.717) is 5.92 Å². The number of fused-ring (bicyclic) bond motifs is 1. The second kappa shape index (κ2) is 8.86. The Morgan fingerprint density at radius 1 is 1.17 bits per heavy atom. The molecule has 4 rings (SSSR count). The van der Waals surface area contributed by atoms with Crippen LogP contribution in [0.3, 0.4) is 0 Å². The minimum absolute atomic E-state index is 0.329. The summed E-state index contributed by atoms with van der Waals surface area (Å²) in [5.74, 6) is 1.38. The summed E-state index contributed by atoms with van der Waals surface area (Å²) >= 11 is 8.09. The fraction of sp³-hybridized carbons (Fsp3) is 0.375. The molecule has 1 aliphatic heterocycles. The van der Waals surface area contributed by atoms with Crippen molar-refractivity contribution in [1.29, 1.82) is 0 Å². The van der Waals surface area contributed by atoms with Crippen LogP contribution in [0.4, 0.5) is 5.82 Å². The highest BCUT2D eigenvalue weighted by Crippen LogP contribution is 2.42. The SMILES string of the molecule is CCCN(CC)c1ccc(-c2ccccc2[C@@H]2CN(C)Cc3sc(Cl)cc32)cn1. The van der Waals surface area contributed by atoms with Gasteiger partial charge in [0.1, 0.15) is 5.82 Å². The Balaban J connectivity index is 1.71. The van der Waals surface area contributed by atoms with Gasteiger partial charge in [-0.05, 0) is 55.3 Å². The lowest BCUT2D eigenvalue weighted by Gasteiger charge is -2.31. The van der Waals surface area contributed by atoms with Crippen LogP contribution in [0.2, 0.25) is 4.34 Å². The van der Waals surface area contributed by atoms with Crippen molar-refractivity contribution >= 4 is 28.8 Å². The van der Waals surface area contributed by atoms with Crippen LogP contribution < -0.4 is 4.90 Å². The molecule has 0 bridgehead atoms. The van der Waals surface area contributed by atoms with Crippen LogP contribution >= 0.6 is 22.9 Å². The summed E-state index contributed by atoms with van der Waals surface area (Å²) in [6, 6.07) is 15.3. The van der Waals surface area contributed by atoms with E-state index < -0.39 is 0 Å². The van der Waals surface area contributed by atoms with Gasteiger partial charge in [-0.2, -0.15) is 0 Å². The van der Waals surface area contributed by atoms with Gasteiger partial charge >= 0.3 is 0 Å². The first kappa shape index (κ1) is 20.4. The van der Waals surface area contributed by atoms with E-state index in [0.717, 1.165) is 42.8 Å². The van der Waals surface area contributed by atoms with Gasteiger partial charge in [0.2, 0.25) is 0 Å². The summed E-state index contributed by atoms with van der Waals surface area (Å²) in [7, 11) is 2.19. The zero-order valence-electron chi connectivity index (χ0n) is 17.4. The minimum Gasteiger partial charge on any atom is -0.357 e. The quantitative estimate of drug-likeness (QED) is 0.463. The number of benzene rings is 1. The Hall–Kier alpha value is -1.88. The van der Waals surface area contributed by atoms with Gasteiger partial charge < -0.3 is 9.80 Å². The lowest BCUT2D eigenvalue weighted by Crippen LogP contribution is -2.30. The highest BCUT2D eigenvalue weighted by molar-refractivity contribution is 7.16. The van der Waals surface area contributed by atoms with Crippen molar-refractivity contribution in [2.75, 3.05) is 31.6 Å². The molecule has 0 saturated heterocycles. The third kappa shape index (κ3) is 4.20. The summed E-state index contributed by atoms with van der Waals surface area (Å²) in [4.78, 5) is 10.9. The molecule has 29 heavy (non-hydrogen) atoms. The van der Waals surface area contributed by atoms with Gasteiger partial charge in [-0.1, -0.05) is 42.8 Å². The van der Waals surface area contributed by atoms with Crippen LogP contribution in [0.5, 0.6) is 0 Å². The third-order valence-electron chi connectivity index (χ3n) is 5.69. The van der Waals surface area contributed by atoms with Crippen LogP contribution in [0.1, 0.15) is 42.2 Å². The lowest BCUT2D eigenvalue weighted by molar-refractivity contribution is 0.299. The van der Waals surface area contributed by atoms with E-state index in [4.69, 9.17) is 16.6 Å². The number of hydrogen-bond acceptors (Lipinski definition) is 4. The van der Waals surface area contributed by atoms with Crippen LogP contribution in [-0.4, -0.2) is 36.6 Å². The average Bonchev–Trinajstić information content (AvgIpc) is 3.11. The average molecular weight is 426 g/mol. The second-order valence-corrected chi connectivity index (χ2v) is 9.52. The molecule has 0 amide bonds. The Bertz CT molecular complexity index is 967. The van der Waals surface area contributed by atoms with Crippen LogP contribution in [0, 0.1) is 0 Å². The summed E-state index contributed by atoms with van der Waals surface area (Å²) in [5.41, 5.74) is 5.17. The van der Waals surface area contributed by atoms with Gasteiger partial charge in [-0.15, -0.1) is 11.3 Å². The molecule has 0 unspecified atom stereocenters.